The van der Waals surface area contributed by atoms with Crippen molar-refractivity contribution in [1.82, 2.24) is 10.6 Å². The second-order valence-electron chi connectivity index (χ2n) is 6.33. The number of aliphatic imine (C=N–C) groups is 1. The van der Waals surface area contributed by atoms with E-state index in [2.05, 4.69) is 15.6 Å². The molecule has 0 radical (unpaired) electrons. The normalized spacial score (nSPS) is 17.6. The van der Waals surface area contributed by atoms with Gasteiger partial charge in [0.2, 0.25) is 0 Å². The molecule has 0 aromatic heterocycles. The van der Waals surface area contributed by atoms with Crippen LogP contribution in [0.4, 0.5) is 13.2 Å². The first-order chi connectivity index (χ1) is 13.5. The van der Waals surface area contributed by atoms with E-state index in [1.807, 2.05) is 0 Å². The van der Waals surface area contributed by atoms with Crippen LogP contribution in [0.5, 0.6) is 5.75 Å². The second-order valence-corrected chi connectivity index (χ2v) is 6.33. The molecule has 1 aromatic carbocycles. The minimum absolute atomic E-state index is 0.0816. The molecule has 6 nitrogen and oxygen atoms in total. The molecule has 0 bridgehead atoms. The van der Waals surface area contributed by atoms with Gasteiger partial charge in [0.15, 0.2) is 5.96 Å². The Balaban J connectivity index is 1.57. The highest BCUT2D eigenvalue weighted by Crippen LogP contribution is 2.35. The van der Waals surface area contributed by atoms with Gasteiger partial charge in [-0.1, -0.05) is 12.1 Å². The summed E-state index contributed by atoms with van der Waals surface area (Å²) in [5.41, 5.74) is -0.777. The summed E-state index contributed by atoms with van der Waals surface area (Å²) in [6, 6.07) is 5.17. The van der Waals surface area contributed by atoms with Crippen LogP contribution in [-0.2, 0) is 15.7 Å². The topological polar surface area (TPSA) is 64.1 Å². The van der Waals surface area contributed by atoms with Gasteiger partial charge in [-0.25, -0.2) is 0 Å². The standard InChI is InChI=1S/C19H28F3N3O3/c1-23-18(24-9-5-11-26-14-15-6-4-12-27-15)25-10-13-28-17-8-3-2-7-16(17)19(20,21)22/h2-3,7-8,15H,4-6,9-14H2,1H3,(H2,23,24,25). The van der Waals surface area contributed by atoms with E-state index in [-0.39, 0.29) is 18.5 Å². The SMILES string of the molecule is CN=C(NCCCOCC1CCCO1)NCCOc1ccccc1C(F)(F)F. The van der Waals surface area contributed by atoms with Crippen LogP contribution in [0.2, 0.25) is 0 Å². The number of rotatable bonds is 10. The number of nitrogens with one attached hydrogen (secondary N) is 2. The van der Waals surface area contributed by atoms with Crippen molar-refractivity contribution in [3.8, 4) is 5.75 Å². The molecule has 1 atom stereocenters. The van der Waals surface area contributed by atoms with E-state index in [1.165, 1.54) is 18.2 Å². The lowest BCUT2D eigenvalue weighted by molar-refractivity contribution is -0.138. The third-order valence-electron chi connectivity index (χ3n) is 4.15. The molecule has 1 aromatic rings. The van der Waals surface area contributed by atoms with Crippen LogP contribution in [0.15, 0.2) is 29.3 Å². The Morgan fingerprint density at radius 2 is 2.00 bits per heavy atom. The van der Waals surface area contributed by atoms with Gasteiger partial charge in [0.1, 0.15) is 12.4 Å². The van der Waals surface area contributed by atoms with Gasteiger partial charge >= 0.3 is 6.18 Å². The lowest BCUT2D eigenvalue weighted by Crippen LogP contribution is -2.40. The van der Waals surface area contributed by atoms with Gasteiger partial charge in [-0.3, -0.25) is 4.99 Å². The van der Waals surface area contributed by atoms with Crippen molar-refractivity contribution < 1.29 is 27.4 Å². The highest BCUT2D eigenvalue weighted by Gasteiger charge is 2.33. The third kappa shape index (κ3) is 7.93. The predicted molar refractivity (Wildman–Crippen MR) is 101 cm³/mol. The van der Waals surface area contributed by atoms with E-state index < -0.39 is 11.7 Å². The molecule has 2 N–H and O–H groups in total. The average Bonchev–Trinajstić information content (AvgIpc) is 3.19. The summed E-state index contributed by atoms with van der Waals surface area (Å²) in [7, 11) is 1.63. The highest BCUT2D eigenvalue weighted by atomic mass is 19.4. The predicted octanol–water partition coefficient (Wildman–Crippen LogP) is 2.83. The Morgan fingerprint density at radius 3 is 2.71 bits per heavy atom. The monoisotopic (exact) mass is 403 g/mol. The fraction of sp³-hybridized carbons (Fsp3) is 0.632. The molecule has 0 aliphatic carbocycles. The van der Waals surface area contributed by atoms with E-state index in [0.29, 0.717) is 32.3 Å². The molecule has 1 fully saturated rings. The molecule has 158 valence electrons. The smallest absolute Gasteiger partial charge is 0.419 e. The number of alkyl halides is 3. The molecular formula is C19H28F3N3O3. The third-order valence-corrected chi connectivity index (χ3v) is 4.15. The molecular weight excluding hydrogens is 375 g/mol. The fourth-order valence-corrected chi connectivity index (χ4v) is 2.75. The first kappa shape index (κ1) is 22.3. The number of guanidine groups is 1. The largest absolute Gasteiger partial charge is 0.491 e. The van der Waals surface area contributed by atoms with E-state index in [9.17, 15) is 13.2 Å². The van der Waals surface area contributed by atoms with Gasteiger partial charge < -0.3 is 24.8 Å². The summed E-state index contributed by atoms with van der Waals surface area (Å²) in [6.07, 6.45) is -1.24. The van der Waals surface area contributed by atoms with Gasteiger partial charge in [-0.15, -0.1) is 0 Å². The van der Waals surface area contributed by atoms with Gasteiger partial charge in [-0.2, -0.15) is 13.2 Å². The average molecular weight is 403 g/mol. The Labute approximate surface area is 163 Å². The number of hydrogen-bond acceptors (Lipinski definition) is 4. The molecule has 28 heavy (non-hydrogen) atoms. The molecule has 1 aliphatic heterocycles. The van der Waals surface area contributed by atoms with Crippen molar-refractivity contribution in [1.29, 1.82) is 0 Å². The number of benzene rings is 1. The Hall–Kier alpha value is -2.00. The van der Waals surface area contributed by atoms with Crippen LogP contribution in [0, 0.1) is 0 Å². The lowest BCUT2D eigenvalue weighted by Gasteiger charge is -2.15. The minimum Gasteiger partial charge on any atom is -0.491 e. The maximum absolute atomic E-state index is 12.9. The highest BCUT2D eigenvalue weighted by molar-refractivity contribution is 5.79. The second kappa shape index (κ2) is 11.8. The van der Waals surface area contributed by atoms with Crippen LogP contribution in [0.1, 0.15) is 24.8 Å². The first-order valence-corrected chi connectivity index (χ1v) is 9.43. The minimum atomic E-state index is -4.44. The number of para-hydroxylation sites is 1. The number of ether oxygens (including phenoxy) is 3. The molecule has 1 aliphatic rings. The van der Waals surface area contributed by atoms with Crippen molar-refractivity contribution in [2.45, 2.75) is 31.5 Å². The van der Waals surface area contributed by atoms with Crippen LogP contribution in [-0.4, -0.2) is 58.6 Å². The van der Waals surface area contributed by atoms with Crippen molar-refractivity contribution in [2.75, 3.05) is 46.6 Å². The maximum Gasteiger partial charge on any atom is 0.419 e. The fourth-order valence-electron chi connectivity index (χ4n) is 2.75. The quantitative estimate of drug-likeness (QED) is 0.357. The summed E-state index contributed by atoms with van der Waals surface area (Å²) in [5.74, 6) is 0.384. The Kier molecular flexibility index (Phi) is 9.36. The summed E-state index contributed by atoms with van der Waals surface area (Å²) < 4.78 is 55.1. The number of hydrogen-bond donors (Lipinski definition) is 2. The molecule has 2 rings (SSSR count). The maximum atomic E-state index is 12.9. The molecule has 1 unspecified atom stereocenters. The Bertz CT molecular complexity index is 606. The van der Waals surface area contributed by atoms with Gasteiger partial charge in [0, 0.05) is 26.8 Å². The molecule has 0 saturated carbocycles. The van der Waals surface area contributed by atoms with Crippen LogP contribution < -0.4 is 15.4 Å². The van der Waals surface area contributed by atoms with E-state index in [1.54, 1.807) is 7.05 Å². The Morgan fingerprint density at radius 1 is 1.21 bits per heavy atom. The zero-order chi connectivity index (χ0) is 20.2. The van der Waals surface area contributed by atoms with Crippen molar-refractivity contribution in [3.05, 3.63) is 29.8 Å². The van der Waals surface area contributed by atoms with Crippen molar-refractivity contribution >= 4 is 5.96 Å². The van der Waals surface area contributed by atoms with Crippen LogP contribution >= 0.6 is 0 Å². The van der Waals surface area contributed by atoms with E-state index in [4.69, 9.17) is 14.2 Å². The molecule has 0 amide bonds. The van der Waals surface area contributed by atoms with Crippen LogP contribution in [0.25, 0.3) is 0 Å². The molecule has 1 heterocycles. The summed E-state index contributed by atoms with van der Waals surface area (Å²) in [4.78, 5) is 4.07. The molecule has 1 saturated heterocycles. The lowest BCUT2D eigenvalue weighted by atomic mass is 10.2. The molecule has 9 heteroatoms. The van der Waals surface area contributed by atoms with E-state index >= 15 is 0 Å². The summed E-state index contributed by atoms with van der Waals surface area (Å²) in [5, 5.41) is 6.13. The zero-order valence-corrected chi connectivity index (χ0v) is 16.1. The number of halogens is 3. The van der Waals surface area contributed by atoms with Crippen molar-refractivity contribution in [3.63, 3.8) is 0 Å². The molecule has 0 spiro atoms. The van der Waals surface area contributed by atoms with Gasteiger partial charge in [0.05, 0.1) is 24.8 Å². The van der Waals surface area contributed by atoms with E-state index in [0.717, 1.165) is 31.9 Å². The van der Waals surface area contributed by atoms with Crippen LogP contribution in [0.3, 0.4) is 0 Å². The summed E-state index contributed by atoms with van der Waals surface area (Å²) in [6.45, 7) is 3.15. The zero-order valence-electron chi connectivity index (χ0n) is 16.1. The van der Waals surface area contributed by atoms with Gasteiger partial charge in [0.25, 0.3) is 0 Å². The van der Waals surface area contributed by atoms with Crippen molar-refractivity contribution in [2.24, 2.45) is 4.99 Å². The first-order valence-electron chi connectivity index (χ1n) is 9.43. The van der Waals surface area contributed by atoms with Gasteiger partial charge in [-0.05, 0) is 31.4 Å². The summed E-state index contributed by atoms with van der Waals surface area (Å²) >= 11 is 0. The number of nitrogens with zero attached hydrogens (tertiary/aromatic N) is 1.